The molecule has 4 heterocycles. The summed E-state index contributed by atoms with van der Waals surface area (Å²) in [5.74, 6) is -0.0916. The van der Waals surface area contributed by atoms with Gasteiger partial charge in [0.1, 0.15) is 28.3 Å². The number of amides is 1. The Bertz CT molecular complexity index is 1020. The monoisotopic (exact) mass is 401 g/mol. The zero-order valence-electron chi connectivity index (χ0n) is 15.5. The Hall–Kier alpha value is -3.08. The number of nitro groups is 1. The Labute approximate surface area is 164 Å². The van der Waals surface area contributed by atoms with Crippen LogP contribution in [0.15, 0.2) is 18.3 Å². The summed E-state index contributed by atoms with van der Waals surface area (Å²) in [6.07, 6.45) is 1.75. The van der Waals surface area contributed by atoms with E-state index in [0.717, 1.165) is 15.5 Å². The van der Waals surface area contributed by atoms with Crippen molar-refractivity contribution in [3.05, 3.63) is 39.8 Å². The summed E-state index contributed by atoms with van der Waals surface area (Å²) in [6, 6.07) is 3.81. The number of aryl methyl sites for hydroxylation is 1. The van der Waals surface area contributed by atoms with Gasteiger partial charge in [0.15, 0.2) is 5.13 Å². The van der Waals surface area contributed by atoms with Crippen LogP contribution in [0, 0.1) is 24.0 Å². The molecule has 0 bridgehead atoms. The van der Waals surface area contributed by atoms with Gasteiger partial charge in [0, 0.05) is 32.4 Å². The van der Waals surface area contributed by atoms with E-state index >= 15 is 0 Å². The van der Waals surface area contributed by atoms with E-state index in [1.807, 2.05) is 12.1 Å². The van der Waals surface area contributed by atoms with Crippen molar-refractivity contribution in [2.45, 2.75) is 20.4 Å². The van der Waals surface area contributed by atoms with Crippen LogP contribution in [0.5, 0.6) is 0 Å². The van der Waals surface area contributed by atoms with Crippen LogP contribution < -0.4 is 4.90 Å². The second-order valence-corrected chi connectivity index (χ2v) is 7.58. The molecule has 10 nitrogen and oxygen atoms in total. The van der Waals surface area contributed by atoms with Gasteiger partial charge >= 0.3 is 5.69 Å². The smallest absolute Gasteiger partial charge is 0.312 e. The Morgan fingerprint density at radius 1 is 1.29 bits per heavy atom. The third kappa shape index (κ3) is 3.28. The number of fused-ring (bicyclic) bond motifs is 1. The molecule has 1 aliphatic heterocycles. The number of hydrogen-bond donors (Lipinski definition) is 0. The number of nitrogens with zero attached hydrogens (tertiary/aromatic N) is 7. The van der Waals surface area contributed by atoms with Crippen LogP contribution in [0.2, 0.25) is 0 Å². The van der Waals surface area contributed by atoms with Crippen molar-refractivity contribution in [1.82, 2.24) is 24.6 Å². The van der Waals surface area contributed by atoms with Gasteiger partial charge < -0.3 is 9.80 Å². The summed E-state index contributed by atoms with van der Waals surface area (Å²) in [5, 5.41) is 16.2. The van der Waals surface area contributed by atoms with Crippen LogP contribution in [-0.2, 0) is 11.3 Å². The zero-order chi connectivity index (χ0) is 19.8. The molecule has 3 aromatic heterocycles. The van der Waals surface area contributed by atoms with Crippen molar-refractivity contribution in [3.63, 3.8) is 0 Å². The number of carbonyl (C=O) groups excluding carboxylic acids is 1. The van der Waals surface area contributed by atoms with Gasteiger partial charge in [-0.3, -0.25) is 19.6 Å². The van der Waals surface area contributed by atoms with Crippen molar-refractivity contribution in [3.8, 4) is 0 Å². The van der Waals surface area contributed by atoms with Gasteiger partial charge in [-0.05, 0) is 26.0 Å². The largest absolute Gasteiger partial charge is 0.344 e. The summed E-state index contributed by atoms with van der Waals surface area (Å²) in [7, 11) is 0. The van der Waals surface area contributed by atoms with Crippen LogP contribution in [0.25, 0.3) is 10.3 Å². The number of hydrogen-bond acceptors (Lipinski definition) is 8. The van der Waals surface area contributed by atoms with Gasteiger partial charge in [0.25, 0.3) is 0 Å². The number of aromatic nitrogens is 4. The highest BCUT2D eigenvalue weighted by Crippen LogP contribution is 2.28. The highest BCUT2D eigenvalue weighted by Gasteiger charge is 2.26. The quantitative estimate of drug-likeness (QED) is 0.484. The van der Waals surface area contributed by atoms with Gasteiger partial charge in [-0.1, -0.05) is 11.3 Å². The Balaban J connectivity index is 1.40. The highest BCUT2D eigenvalue weighted by atomic mass is 32.1. The number of carbonyl (C=O) groups is 1. The molecule has 3 aromatic rings. The van der Waals surface area contributed by atoms with Crippen molar-refractivity contribution >= 4 is 38.4 Å². The lowest BCUT2D eigenvalue weighted by Gasteiger charge is -2.34. The van der Waals surface area contributed by atoms with Gasteiger partial charge in [0.05, 0.1) is 4.92 Å². The molecule has 0 aliphatic carbocycles. The molecule has 1 amide bonds. The maximum absolute atomic E-state index is 12.6. The standard InChI is InChI=1S/C17H19N7O3S/c1-11-15(24(26)27)12(2)23(20-11)10-14(25)21-6-8-22(9-7-21)17-19-13-4-3-5-18-16(13)28-17/h3-5H,6-10H2,1-2H3. The lowest BCUT2D eigenvalue weighted by Crippen LogP contribution is -2.49. The molecule has 1 fully saturated rings. The second kappa shape index (κ2) is 7.15. The van der Waals surface area contributed by atoms with Crippen molar-refractivity contribution in [2.24, 2.45) is 0 Å². The SMILES string of the molecule is Cc1nn(CC(=O)N2CCN(c3nc4cccnc4s3)CC2)c(C)c1[N+](=O)[O-]. The summed E-state index contributed by atoms with van der Waals surface area (Å²) in [5.41, 5.74) is 1.58. The third-order valence-electron chi connectivity index (χ3n) is 4.87. The Kier molecular flexibility index (Phi) is 4.67. The van der Waals surface area contributed by atoms with E-state index in [2.05, 4.69) is 20.0 Å². The summed E-state index contributed by atoms with van der Waals surface area (Å²) >= 11 is 1.55. The first-order chi connectivity index (χ1) is 13.4. The van der Waals surface area contributed by atoms with Crippen LogP contribution in [0.4, 0.5) is 10.8 Å². The van der Waals surface area contributed by atoms with Crippen LogP contribution in [0.1, 0.15) is 11.4 Å². The van der Waals surface area contributed by atoms with Crippen molar-refractivity contribution in [2.75, 3.05) is 31.1 Å². The molecule has 11 heteroatoms. The maximum atomic E-state index is 12.6. The second-order valence-electron chi connectivity index (χ2n) is 6.63. The minimum Gasteiger partial charge on any atom is -0.344 e. The topological polar surface area (TPSA) is 110 Å². The molecule has 146 valence electrons. The zero-order valence-corrected chi connectivity index (χ0v) is 16.3. The van der Waals surface area contributed by atoms with Crippen molar-refractivity contribution in [1.29, 1.82) is 0 Å². The fraction of sp³-hybridized carbons (Fsp3) is 0.412. The summed E-state index contributed by atoms with van der Waals surface area (Å²) in [4.78, 5) is 37.1. The van der Waals surface area contributed by atoms with E-state index in [9.17, 15) is 14.9 Å². The summed E-state index contributed by atoms with van der Waals surface area (Å²) < 4.78 is 1.42. The number of rotatable bonds is 4. The fourth-order valence-electron chi connectivity index (χ4n) is 3.37. The van der Waals surface area contributed by atoms with E-state index in [4.69, 9.17) is 0 Å². The lowest BCUT2D eigenvalue weighted by atomic mass is 10.3. The third-order valence-corrected chi connectivity index (χ3v) is 5.91. The predicted octanol–water partition coefficient (Wildman–Crippen LogP) is 1.76. The Morgan fingerprint density at radius 2 is 2.04 bits per heavy atom. The number of pyridine rings is 1. The highest BCUT2D eigenvalue weighted by molar-refractivity contribution is 7.21. The molecule has 0 aromatic carbocycles. The van der Waals surface area contributed by atoms with Crippen molar-refractivity contribution < 1.29 is 9.72 Å². The minimum absolute atomic E-state index is 0.00553. The molecular formula is C17H19N7O3S. The molecule has 0 saturated carbocycles. The summed E-state index contributed by atoms with van der Waals surface area (Å²) in [6.45, 7) is 5.71. The molecule has 4 rings (SSSR count). The van der Waals surface area contributed by atoms with Gasteiger partial charge in [-0.15, -0.1) is 0 Å². The van der Waals surface area contributed by atoms with Crippen LogP contribution in [0.3, 0.4) is 0 Å². The molecule has 0 atom stereocenters. The molecule has 28 heavy (non-hydrogen) atoms. The average Bonchev–Trinajstić information content (AvgIpc) is 3.22. The van der Waals surface area contributed by atoms with E-state index in [-0.39, 0.29) is 18.1 Å². The van der Waals surface area contributed by atoms with E-state index in [0.29, 0.717) is 37.6 Å². The van der Waals surface area contributed by atoms with Crippen LogP contribution in [-0.4, -0.2) is 61.7 Å². The molecule has 0 radical (unpaired) electrons. The lowest BCUT2D eigenvalue weighted by molar-refractivity contribution is -0.386. The fourth-order valence-corrected chi connectivity index (χ4v) is 4.33. The molecule has 0 N–H and O–H groups in total. The predicted molar refractivity (Wildman–Crippen MR) is 105 cm³/mol. The number of thiazole rings is 1. The number of piperazine rings is 1. The molecule has 1 aliphatic rings. The normalized spacial score (nSPS) is 14.6. The first-order valence-corrected chi connectivity index (χ1v) is 9.68. The van der Waals surface area contributed by atoms with Gasteiger partial charge in [-0.25, -0.2) is 9.97 Å². The van der Waals surface area contributed by atoms with E-state index < -0.39 is 4.92 Å². The molecule has 0 spiro atoms. The molecule has 0 unspecified atom stereocenters. The maximum Gasteiger partial charge on any atom is 0.312 e. The first kappa shape index (κ1) is 18.3. The van der Waals surface area contributed by atoms with E-state index in [1.165, 1.54) is 4.68 Å². The minimum atomic E-state index is -0.454. The van der Waals surface area contributed by atoms with Gasteiger partial charge in [0.2, 0.25) is 5.91 Å². The molecule has 1 saturated heterocycles. The van der Waals surface area contributed by atoms with E-state index in [1.54, 1.807) is 36.3 Å². The van der Waals surface area contributed by atoms with Gasteiger partial charge in [-0.2, -0.15) is 5.10 Å². The number of anilines is 1. The van der Waals surface area contributed by atoms with Crippen LogP contribution >= 0.6 is 11.3 Å². The first-order valence-electron chi connectivity index (χ1n) is 8.86. The Morgan fingerprint density at radius 3 is 2.68 bits per heavy atom. The molecular weight excluding hydrogens is 382 g/mol. The average molecular weight is 401 g/mol.